The van der Waals surface area contributed by atoms with Gasteiger partial charge in [-0.25, -0.2) is 13.1 Å². The van der Waals surface area contributed by atoms with Crippen LogP contribution in [0, 0.1) is 11.3 Å². The van der Waals surface area contributed by atoms with Gasteiger partial charge in [0.1, 0.15) is 18.5 Å². The van der Waals surface area contributed by atoms with Gasteiger partial charge in [-0.15, -0.1) is 0 Å². The average molecular weight is 313 g/mol. The zero-order chi connectivity index (χ0) is 15.7. The average Bonchev–Trinajstić information content (AvgIpc) is 2.44. The quantitative estimate of drug-likeness (QED) is 0.527. The van der Waals surface area contributed by atoms with Crippen LogP contribution in [-0.4, -0.2) is 52.1 Å². The zero-order valence-corrected chi connectivity index (χ0v) is 12.6. The molecule has 8 heteroatoms. The molecule has 0 amide bonds. The molecule has 0 saturated heterocycles. The van der Waals surface area contributed by atoms with E-state index in [4.69, 9.17) is 10.00 Å². The van der Waals surface area contributed by atoms with Crippen molar-refractivity contribution in [1.29, 1.82) is 5.26 Å². The molecule has 21 heavy (non-hydrogen) atoms. The van der Waals surface area contributed by atoms with Crippen molar-refractivity contribution < 1.29 is 18.3 Å². The highest BCUT2D eigenvalue weighted by Gasteiger charge is 2.06. The maximum atomic E-state index is 10.8. The molecule has 1 aromatic rings. The zero-order valence-electron chi connectivity index (χ0n) is 11.7. The number of hydrogen-bond acceptors (Lipinski definition) is 6. The van der Waals surface area contributed by atoms with Crippen molar-refractivity contribution in [3.63, 3.8) is 0 Å². The molecule has 0 saturated carbocycles. The Bertz CT molecular complexity index is 583. The molecule has 1 rings (SSSR count). The Morgan fingerprint density at radius 3 is 2.86 bits per heavy atom. The van der Waals surface area contributed by atoms with Crippen LogP contribution in [-0.2, 0) is 10.0 Å². The van der Waals surface area contributed by atoms with Crippen LogP contribution >= 0.6 is 0 Å². The van der Waals surface area contributed by atoms with E-state index in [0.717, 1.165) is 6.26 Å². The highest BCUT2D eigenvalue weighted by molar-refractivity contribution is 7.88. The summed E-state index contributed by atoms with van der Waals surface area (Å²) in [5, 5.41) is 21.4. The van der Waals surface area contributed by atoms with Crippen molar-refractivity contribution in [2.45, 2.75) is 6.10 Å². The Morgan fingerprint density at radius 2 is 2.19 bits per heavy atom. The third-order valence-corrected chi connectivity index (χ3v) is 3.18. The molecule has 0 aliphatic carbocycles. The molecule has 1 atom stereocenters. The first-order valence-corrected chi connectivity index (χ1v) is 8.26. The summed E-state index contributed by atoms with van der Waals surface area (Å²) in [5.74, 6) is 0.520. The first kappa shape index (κ1) is 17.4. The van der Waals surface area contributed by atoms with Crippen molar-refractivity contribution >= 4 is 10.0 Å². The minimum absolute atomic E-state index is 0.0847. The maximum absolute atomic E-state index is 10.8. The summed E-state index contributed by atoms with van der Waals surface area (Å²) >= 11 is 0. The predicted molar refractivity (Wildman–Crippen MR) is 78.4 cm³/mol. The molecule has 0 bridgehead atoms. The summed E-state index contributed by atoms with van der Waals surface area (Å²) in [6.45, 7) is 1.04. The number of nitrogens with zero attached hydrogens (tertiary/aromatic N) is 1. The lowest BCUT2D eigenvalue weighted by atomic mass is 10.2. The second kappa shape index (κ2) is 8.59. The number of aliphatic hydroxyl groups excluding tert-OH is 1. The second-order valence-electron chi connectivity index (χ2n) is 4.48. The molecular formula is C13H19N3O4S. The number of aliphatic hydroxyl groups is 1. The number of sulfonamides is 1. The van der Waals surface area contributed by atoms with Crippen LogP contribution in [0.1, 0.15) is 5.56 Å². The minimum atomic E-state index is -3.18. The van der Waals surface area contributed by atoms with Gasteiger partial charge in [0.25, 0.3) is 0 Å². The van der Waals surface area contributed by atoms with E-state index in [2.05, 4.69) is 10.0 Å². The molecule has 0 aliphatic rings. The Kier molecular flexibility index (Phi) is 7.11. The molecule has 1 unspecified atom stereocenters. The Hall–Kier alpha value is -1.66. The lowest BCUT2D eigenvalue weighted by Gasteiger charge is -2.13. The van der Waals surface area contributed by atoms with E-state index in [1.165, 1.54) is 0 Å². The molecule has 0 spiro atoms. The predicted octanol–water partition coefficient (Wildman–Crippen LogP) is -0.563. The van der Waals surface area contributed by atoms with Crippen LogP contribution in [0.4, 0.5) is 0 Å². The lowest BCUT2D eigenvalue weighted by Crippen LogP contribution is -2.36. The summed E-state index contributed by atoms with van der Waals surface area (Å²) in [6, 6.07) is 8.67. The molecule has 0 heterocycles. The first-order valence-electron chi connectivity index (χ1n) is 6.37. The van der Waals surface area contributed by atoms with E-state index >= 15 is 0 Å². The highest BCUT2D eigenvalue weighted by Crippen LogP contribution is 2.12. The Balaban J connectivity index is 2.19. The fourth-order valence-electron chi connectivity index (χ4n) is 1.50. The summed E-state index contributed by atoms with van der Waals surface area (Å²) < 4.78 is 29.3. The standard InChI is InChI=1S/C13H19N3O4S/c1-21(18,19)16-6-5-15-9-12(17)10-20-13-4-2-3-11(7-13)8-14/h2-4,7,12,15-17H,5-6,9-10H2,1H3. The van der Waals surface area contributed by atoms with E-state index in [9.17, 15) is 13.5 Å². The molecule has 0 aromatic heterocycles. The maximum Gasteiger partial charge on any atom is 0.208 e. The molecule has 7 nitrogen and oxygen atoms in total. The Labute approximate surface area is 124 Å². The Morgan fingerprint density at radius 1 is 1.43 bits per heavy atom. The van der Waals surface area contributed by atoms with Gasteiger partial charge in [0.05, 0.1) is 17.9 Å². The van der Waals surface area contributed by atoms with Gasteiger partial charge in [-0.3, -0.25) is 0 Å². The number of nitrogens with one attached hydrogen (secondary N) is 2. The van der Waals surface area contributed by atoms with Crippen molar-refractivity contribution in [1.82, 2.24) is 10.0 Å². The molecule has 116 valence electrons. The van der Waals surface area contributed by atoms with Crippen molar-refractivity contribution in [3.05, 3.63) is 29.8 Å². The number of ether oxygens (including phenoxy) is 1. The first-order chi connectivity index (χ1) is 9.90. The summed E-state index contributed by atoms with van der Waals surface area (Å²) in [7, 11) is -3.18. The van der Waals surface area contributed by atoms with Crippen molar-refractivity contribution in [2.75, 3.05) is 32.5 Å². The SMILES string of the molecule is CS(=O)(=O)NCCNCC(O)COc1cccc(C#N)c1. The highest BCUT2D eigenvalue weighted by atomic mass is 32.2. The van der Waals surface area contributed by atoms with Gasteiger partial charge in [-0.1, -0.05) is 6.07 Å². The molecule has 3 N–H and O–H groups in total. The summed E-state index contributed by atoms with van der Waals surface area (Å²) in [5.41, 5.74) is 0.493. The van der Waals surface area contributed by atoms with Crippen LogP contribution < -0.4 is 14.8 Å². The lowest BCUT2D eigenvalue weighted by molar-refractivity contribution is 0.107. The molecule has 0 fully saturated rings. The molecule has 0 radical (unpaired) electrons. The third kappa shape index (κ3) is 8.27. The van der Waals surface area contributed by atoms with E-state index < -0.39 is 16.1 Å². The number of rotatable bonds is 9. The third-order valence-electron chi connectivity index (χ3n) is 2.45. The summed E-state index contributed by atoms with van der Waals surface area (Å²) in [6.07, 6.45) is 0.361. The van der Waals surface area contributed by atoms with Gasteiger partial charge in [0.15, 0.2) is 0 Å². The fourth-order valence-corrected chi connectivity index (χ4v) is 1.97. The van der Waals surface area contributed by atoms with E-state index in [1.54, 1.807) is 24.3 Å². The van der Waals surface area contributed by atoms with Gasteiger partial charge in [-0.05, 0) is 18.2 Å². The van der Waals surface area contributed by atoms with Gasteiger partial charge in [0, 0.05) is 19.6 Å². The van der Waals surface area contributed by atoms with Crippen molar-refractivity contribution in [2.24, 2.45) is 0 Å². The monoisotopic (exact) mass is 313 g/mol. The van der Waals surface area contributed by atoms with Gasteiger partial charge >= 0.3 is 0 Å². The molecular weight excluding hydrogens is 294 g/mol. The minimum Gasteiger partial charge on any atom is -0.491 e. The van der Waals surface area contributed by atoms with Crippen LogP contribution in [0.5, 0.6) is 5.75 Å². The van der Waals surface area contributed by atoms with E-state index in [1.807, 2.05) is 6.07 Å². The number of hydrogen-bond donors (Lipinski definition) is 3. The summed E-state index contributed by atoms with van der Waals surface area (Å²) in [4.78, 5) is 0. The number of nitriles is 1. The van der Waals surface area contributed by atoms with Gasteiger partial charge in [0.2, 0.25) is 10.0 Å². The topological polar surface area (TPSA) is 111 Å². The van der Waals surface area contributed by atoms with Crippen molar-refractivity contribution in [3.8, 4) is 11.8 Å². The van der Waals surface area contributed by atoms with Gasteiger partial charge < -0.3 is 15.2 Å². The fraction of sp³-hybridized carbons (Fsp3) is 0.462. The van der Waals surface area contributed by atoms with E-state index in [0.29, 0.717) is 17.9 Å². The normalized spacial score (nSPS) is 12.6. The largest absolute Gasteiger partial charge is 0.491 e. The molecule has 1 aromatic carbocycles. The molecule has 0 aliphatic heterocycles. The second-order valence-corrected chi connectivity index (χ2v) is 6.31. The smallest absolute Gasteiger partial charge is 0.208 e. The van der Waals surface area contributed by atoms with E-state index in [-0.39, 0.29) is 19.7 Å². The van der Waals surface area contributed by atoms with Crippen LogP contribution in [0.15, 0.2) is 24.3 Å². The van der Waals surface area contributed by atoms with Crippen LogP contribution in [0.25, 0.3) is 0 Å². The van der Waals surface area contributed by atoms with Crippen LogP contribution in [0.2, 0.25) is 0 Å². The number of benzene rings is 1. The van der Waals surface area contributed by atoms with Gasteiger partial charge in [-0.2, -0.15) is 5.26 Å². The van der Waals surface area contributed by atoms with Crippen LogP contribution in [0.3, 0.4) is 0 Å².